The minimum atomic E-state index is -3.05. The van der Waals surface area contributed by atoms with E-state index in [0.29, 0.717) is 18.1 Å². The topological polar surface area (TPSA) is 89.3 Å². The summed E-state index contributed by atoms with van der Waals surface area (Å²) in [5.41, 5.74) is 1.11. The van der Waals surface area contributed by atoms with Gasteiger partial charge in [-0.15, -0.1) is 11.3 Å². The summed E-state index contributed by atoms with van der Waals surface area (Å²) in [5, 5.41) is 1.27. The maximum Gasteiger partial charge on any atom is 0.262 e. The molecule has 0 N–H and O–H groups in total. The molecule has 1 atom stereocenters. The van der Waals surface area contributed by atoms with Gasteiger partial charge in [0.15, 0.2) is 15.0 Å². The summed E-state index contributed by atoms with van der Waals surface area (Å²) in [6, 6.07) is -0.243. The predicted molar refractivity (Wildman–Crippen MR) is 117 cm³/mol. The number of rotatable bonds is 6. The van der Waals surface area contributed by atoms with E-state index in [1.807, 2.05) is 6.92 Å². The second kappa shape index (κ2) is 8.03. The number of thioether (sulfide) groups is 1. The van der Waals surface area contributed by atoms with E-state index >= 15 is 0 Å². The van der Waals surface area contributed by atoms with Crippen molar-refractivity contribution in [1.29, 1.82) is 0 Å². The second-order valence-corrected chi connectivity index (χ2v) is 12.0. The fourth-order valence-corrected chi connectivity index (χ4v) is 8.11. The summed E-state index contributed by atoms with van der Waals surface area (Å²) >= 11 is 2.85. The zero-order valence-electron chi connectivity index (χ0n) is 16.6. The molecule has 1 fully saturated rings. The number of hydrogen-bond donors (Lipinski definition) is 0. The first-order chi connectivity index (χ1) is 13.8. The quantitative estimate of drug-likeness (QED) is 0.489. The highest BCUT2D eigenvalue weighted by Gasteiger charge is 2.34. The van der Waals surface area contributed by atoms with E-state index in [1.54, 1.807) is 23.3 Å². The van der Waals surface area contributed by atoms with Crippen molar-refractivity contribution in [2.45, 2.75) is 50.2 Å². The predicted octanol–water partition coefficient (Wildman–Crippen LogP) is 2.00. The molecular formula is C19H25N3O4S3. The SMILES string of the molecule is CCCN(C(=O)CSc1nc2sc3c(c2c(=O)n1C)CCC3)C1CCS(=O)(=O)C1. The van der Waals surface area contributed by atoms with Gasteiger partial charge in [0.2, 0.25) is 5.91 Å². The van der Waals surface area contributed by atoms with Crippen LogP contribution in [0.25, 0.3) is 10.2 Å². The van der Waals surface area contributed by atoms with E-state index in [-0.39, 0.29) is 34.8 Å². The van der Waals surface area contributed by atoms with Crippen molar-refractivity contribution in [3.05, 3.63) is 20.8 Å². The maximum absolute atomic E-state index is 12.9. The van der Waals surface area contributed by atoms with Crippen molar-refractivity contribution >= 4 is 49.1 Å². The third kappa shape index (κ3) is 3.98. The molecular weight excluding hydrogens is 430 g/mol. The fraction of sp³-hybridized carbons (Fsp3) is 0.632. The third-order valence-corrected chi connectivity index (χ3v) is 9.61. The van der Waals surface area contributed by atoms with Crippen LogP contribution >= 0.6 is 23.1 Å². The highest BCUT2D eigenvalue weighted by molar-refractivity contribution is 7.99. The molecule has 0 bridgehead atoms. The Morgan fingerprint density at radius 2 is 2.17 bits per heavy atom. The van der Waals surface area contributed by atoms with Crippen LogP contribution in [0.4, 0.5) is 0 Å². The molecule has 0 radical (unpaired) electrons. The van der Waals surface area contributed by atoms with Crippen molar-refractivity contribution in [1.82, 2.24) is 14.5 Å². The van der Waals surface area contributed by atoms with Gasteiger partial charge in [-0.3, -0.25) is 14.2 Å². The van der Waals surface area contributed by atoms with Gasteiger partial charge in [-0.1, -0.05) is 18.7 Å². The molecule has 2 aromatic heterocycles. The highest BCUT2D eigenvalue weighted by atomic mass is 32.2. The minimum Gasteiger partial charge on any atom is -0.338 e. The van der Waals surface area contributed by atoms with Crippen molar-refractivity contribution in [2.24, 2.45) is 7.05 Å². The second-order valence-electron chi connectivity index (χ2n) is 7.73. The molecule has 4 rings (SSSR count). The van der Waals surface area contributed by atoms with Crippen LogP contribution in [0, 0.1) is 0 Å². The van der Waals surface area contributed by atoms with E-state index in [2.05, 4.69) is 4.98 Å². The molecule has 10 heteroatoms. The lowest BCUT2D eigenvalue weighted by atomic mass is 10.2. The Labute approximate surface area is 178 Å². The first-order valence-corrected chi connectivity index (χ1v) is 13.6. The van der Waals surface area contributed by atoms with Crippen molar-refractivity contribution in [3.8, 4) is 0 Å². The van der Waals surface area contributed by atoms with Crippen LogP contribution in [0.15, 0.2) is 9.95 Å². The van der Waals surface area contributed by atoms with Crippen LogP contribution in [-0.4, -0.2) is 58.6 Å². The van der Waals surface area contributed by atoms with Crippen LogP contribution in [0.5, 0.6) is 0 Å². The zero-order chi connectivity index (χ0) is 20.8. The fourth-order valence-electron chi connectivity index (χ4n) is 4.22. The Hall–Kier alpha value is -1.39. The molecule has 1 aliphatic carbocycles. The Kier molecular flexibility index (Phi) is 5.78. The van der Waals surface area contributed by atoms with E-state index in [1.165, 1.54) is 21.2 Å². The Balaban J connectivity index is 1.53. The van der Waals surface area contributed by atoms with Crippen molar-refractivity contribution in [3.63, 3.8) is 0 Å². The standard InChI is InChI=1S/C19H25N3O4S3/c1-3-8-22(12-7-9-29(25,26)11-12)15(23)10-27-19-20-17-16(18(24)21(19)2)13-5-4-6-14(13)28-17/h12H,3-11H2,1-2H3. The molecule has 1 aliphatic heterocycles. The van der Waals surface area contributed by atoms with Crippen molar-refractivity contribution < 1.29 is 13.2 Å². The van der Waals surface area contributed by atoms with Crippen molar-refractivity contribution in [2.75, 3.05) is 23.8 Å². The molecule has 2 aliphatic rings. The molecule has 29 heavy (non-hydrogen) atoms. The maximum atomic E-state index is 12.9. The summed E-state index contributed by atoms with van der Waals surface area (Å²) < 4.78 is 25.2. The van der Waals surface area contributed by atoms with Gasteiger partial charge in [-0.2, -0.15) is 0 Å². The first kappa shape index (κ1) is 20.9. The van der Waals surface area contributed by atoms with Gasteiger partial charge in [-0.05, 0) is 37.7 Å². The van der Waals surface area contributed by atoms with Gasteiger partial charge < -0.3 is 4.90 Å². The number of aromatic nitrogens is 2. The van der Waals surface area contributed by atoms with E-state index in [4.69, 9.17) is 0 Å². The smallest absolute Gasteiger partial charge is 0.262 e. The minimum absolute atomic E-state index is 0.0448. The normalized spacial score (nSPS) is 20.3. The van der Waals surface area contributed by atoms with Gasteiger partial charge in [0.25, 0.3) is 5.56 Å². The average molecular weight is 456 g/mol. The van der Waals surface area contributed by atoms with Gasteiger partial charge in [0.1, 0.15) is 4.83 Å². The first-order valence-electron chi connectivity index (χ1n) is 9.94. The number of thiophene rings is 1. The summed E-state index contributed by atoms with van der Waals surface area (Å²) in [7, 11) is -1.35. The molecule has 7 nitrogen and oxygen atoms in total. The molecule has 0 spiro atoms. The Morgan fingerprint density at radius 1 is 1.38 bits per heavy atom. The van der Waals surface area contributed by atoms with Crippen LogP contribution in [0.2, 0.25) is 0 Å². The Bertz CT molecular complexity index is 1120. The summed E-state index contributed by atoms with van der Waals surface area (Å²) in [6.45, 7) is 2.52. The van der Waals surface area contributed by atoms with Crippen LogP contribution in [-0.2, 0) is 34.5 Å². The lowest BCUT2D eigenvalue weighted by Gasteiger charge is -2.27. The van der Waals surface area contributed by atoms with Gasteiger partial charge in [-0.25, -0.2) is 13.4 Å². The number of carbonyl (C=O) groups is 1. The lowest BCUT2D eigenvalue weighted by molar-refractivity contribution is -0.130. The number of aryl methyl sites for hydroxylation is 2. The lowest BCUT2D eigenvalue weighted by Crippen LogP contribution is -2.42. The number of fused-ring (bicyclic) bond motifs is 3. The molecule has 0 saturated carbocycles. The number of nitrogens with zero attached hydrogens (tertiary/aromatic N) is 3. The highest BCUT2D eigenvalue weighted by Crippen LogP contribution is 2.35. The number of hydrogen-bond acceptors (Lipinski definition) is 7. The molecule has 0 aromatic carbocycles. The van der Waals surface area contributed by atoms with Gasteiger partial charge in [0, 0.05) is 24.5 Å². The molecule has 1 amide bonds. The average Bonchev–Trinajstić information content (AvgIpc) is 3.35. The molecule has 1 saturated heterocycles. The number of sulfone groups is 1. The summed E-state index contributed by atoms with van der Waals surface area (Å²) in [5.74, 6) is 0.246. The van der Waals surface area contributed by atoms with Crippen LogP contribution in [0.3, 0.4) is 0 Å². The largest absolute Gasteiger partial charge is 0.338 e. The van der Waals surface area contributed by atoms with Crippen LogP contribution < -0.4 is 5.56 Å². The van der Waals surface area contributed by atoms with Gasteiger partial charge >= 0.3 is 0 Å². The van der Waals surface area contributed by atoms with E-state index in [0.717, 1.165) is 41.5 Å². The molecule has 3 heterocycles. The van der Waals surface area contributed by atoms with Gasteiger partial charge in [0.05, 0.1) is 22.6 Å². The monoisotopic (exact) mass is 455 g/mol. The van der Waals surface area contributed by atoms with E-state index < -0.39 is 9.84 Å². The zero-order valence-corrected chi connectivity index (χ0v) is 19.1. The number of carbonyl (C=O) groups excluding carboxylic acids is 1. The molecule has 158 valence electrons. The summed E-state index contributed by atoms with van der Waals surface area (Å²) in [6.07, 6.45) is 4.32. The Morgan fingerprint density at radius 3 is 2.86 bits per heavy atom. The number of amides is 1. The third-order valence-electron chi connectivity index (χ3n) is 5.66. The molecule has 2 aromatic rings. The van der Waals surface area contributed by atoms with E-state index in [9.17, 15) is 18.0 Å². The van der Waals surface area contributed by atoms with Crippen LogP contribution in [0.1, 0.15) is 36.6 Å². The summed E-state index contributed by atoms with van der Waals surface area (Å²) in [4.78, 5) is 34.2. The molecule has 1 unspecified atom stereocenters.